The fraction of sp³-hybridized carbons (Fsp3) is 0.214. The minimum Gasteiger partial charge on any atom is -0.261 e. The van der Waals surface area contributed by atoms with Crippen LogP contribution in [-0.4, -0.2) is 4.98 Å². The number of halogens is 5. The highest BCUT2D eigenvalue weighted by atomic mass is 79.9. The first-order valence-corrected chi connectivity index (χ1v) is 6.70. The van der Waals surface area contributed by atoms with Gasteiger partial charge in [-0.3, -0.25) is 4.98 Å². The third-order valence-electron chi connectivity index (χ3n) is 2.79. The predicted octanol–water partition coefficient (Wildman–Crippen LogP) is 4.92. The number of hydrogen-bond acceptors (Lipinski definition) is 1. The summed E-state index contributed by atoms with van der Waals surface area (Å²) < 4.78 is 51.9. The van der Waals surface area contributed by atoms with Crippen molar-refractivity contribution in [1.29, 1.82) is 0 Å². The summed E-state index contributed by atoms with van der Waals surface area (Å²) in [6.07, 6.45) is -2.81. The molecular formula is C14H10BrF4N. The molecule has 1 atom stereocenters. The lowest BCUT2D eigenvalue weighted by molar-refractivity contribution is -0.140. The van der Waals surface area contributed by atoms with E-state index in [1.165, 1.54) is 12.1 Å². The van der Waals surface area contributed by atoms with Crippen molar-refractivity contribution in [3.63, 3.8) is 0 Å². The standard InChI is InChI=1S/C14H10BrF4N/c15-12(8-9-4-1-2-7-20-9)10-5-3-6-11(13(10)16)14(17,18)19/h1-7,12H,8H2. The van der Waals surface area contributed by atoms with Gasteiger partial charge in [-0.15, -0.1) is 0 Å². The predicted molar refractivity (Wildman–Crippen MR) is 71.0 cm³/mol. The van der Waals surface area contributed by atoms with Crippen molar-refractivity contribution in [2.24, 2.45) is 0 Å². The summed E-state index contributed by atoms with van der Waals surface area (Å²) in [6, 6.07) is 8.52. The fourth-order valence-corrected chi connectivity index (χ4v) is 2.51. The van der Waals surface area contributed by atoms with Crippen LogP contribution in [0.25, 0.3) is 0 Å². The second-order valence-electron chi connectivity index (χ2n) is 4.20. The van der Waals surface area contributed by atoms with Crippen LogP contribution in [0.4, 0.5) is 17.6 Å². The van der Waals surface area contributed by atoms with Crippen LogP contribution in [0.3, 0.4) is 0 Å². The Bertz CT molecular complexity index is 583. The Morgan fingerprint density at radius 2 is 1.85 bits per heavy atom. The summed E-state index contributed by atoms with van der Waals surface area (Å²) in [7, 11) is 0. The highest BCUT2D eigenvalue weighted by Crippen LogP contribution is 2.36. The quantitative estimate of drug-likeness (QED) is 0.567. The fourth-order valence-electron chi connectivity index (χ4n) is 1.82. The van der Waals surface area contributed by atoms with E-state index < -0.39 is 22.4 Å². The van der Waals surface area contributed by atoms with Crippen LogP contribution in [0.15, 0.2) is 42.6 Å². The third-order valence-corrected chi connectivity index (χ3v) is 3.60. The van der Waals surface area contributed by atoms with Gasteiger partial charge in [-0.2, -0.15) is 13.2 Å². The first kappa shape index (κ1) is 15.0. The number of hydrogen-bond donors (Lipinski definition) is 0. The molecule has 0 bridgehead atoms. The molecule has 2 rings (SSSR count). The van der Waals surface area contributed by atoms with Gasteiger partial charge in [0, 0.05) is 28.7 Å². The number of aromatic nitrogens is 1. The largest absolute Gasteiger partial charge is 0.419 e. The zero-order valence-electron chi connectivity index (χ0n) is 10.2. The molecule has 20 heavy (non-hydrogen) atoms. The first-order valence-electron chi connectivity index (χ1n) is 5.79. The van der Waals surface area contributed by atoms with Gasteiger partial charge in [-0.05, 0) is 18.2 Å². The molecule has 0 aliphatic heterocycles. The maximum Gasteiger partial charge on any atom is 0.419 e. The summed E-state index contributed by atoms with van der Waals surface area (Å²) in [5, 5.41) is 0. The molecule has 0 fully saturated rings. The maximum atomic E-state index is 14.0. The van der Waals surface area contributed by atoms with Crippen LogP contribution in [0.5, 0.6) is 0 Å². The lowest BCUT2D eigenvalue weighted by Crippen LogP contribution is -2.11. The van der Waals surface area contributed by atoms with E-state index in [0.29, 0.717) is 12.1 Å². The van der Waals surface area contributed by atoms with E-state index in [-0.39, 0.29) is 5.56 Å². The molecular weight excluding hydrogens is 338 g/mol. The summed E-state index contributed by atoms with van der Waals surface area (Å²) in [5.74, 6) is -1.24. The topological polar surface area (TPSA) is 12.9 Å². The normalized spacial score (nSPS) is 13.2. The molecule has 1 unspecified atom stereocenters. The van der Waals surface area contributed by atoms with Gasteiger partial charge in [0.25, 0.3) is 0 Å². The second-order valence-corrected chi connectivity index (χ2v) is 5.30. The average molecular weight is 348 g/mol. The zero-order valence-corrected chi connectivity index (χ0v) is 11.7. The van der Waals surface area contributed by atoms with Crippen molar-refractivity contribution in [3.05, 3.63) is 65.2 Å². The van der Waals surface area contributed by atoms with Gasteiger partial charge in [0.1, 0.15) is 5.82 Å². The van der Waals surface area contributed by atoms with E-state index in [1.54, 1.807) is 24.4 Å². The van der Waals surface area contributed by atoms with Gasteiger partial charge in [0.15, 0.2) is 0 Å². The molecule has 1 heterocycles. The third kappa shape index (κ3) is 3.36. The van der Waals surface area contributed by atoms with Crippen LogP contribution < -0.4 is 0 Å². The van der Waals surface area contributed by atoms with Gasteiger partial charge < -0.3 is 0 Å². The summed E-state index contributed by atoms with van der Waals surface area (Å²) in [4.78, 5) is 3.50. The summed E-state index contributed by atoms with van der Waals surface area (Å²) in [6.45, 7) is 0. The van der Waals surface area contributed by atoms with Gasteiger partial charge in [0.2, 0.25) is 0 Å². The van der Waals surface area contributed by atoms with Crippen molar-refractivity contribution in [2.75, 3.05) is 0 Å². The molecule has 1 nitrogen and oxygen atoms in total. The minimum atomic E-state index is -4.70. The minimum absolute atomic E-state index is 0.0227. The Kier molecular flexibility index (Phi) is 4.42. The van der Waals surface area contributed by atoms with Crippen molar-refractivity contribution < 1.29 is 17.6 Å². The highest BCUT2D eigenvalue weighted by molar-refractivity contribution is 9.09. The van der Waals surface area contributed by atoms with Crippen LogP contribution in [-0.2, 0) is 12.6 Å². The number of rotatable bonds is 3. The Labute approximate surface area is 121 Å². The zero-order chi connectivity index (χ0) is 14.8. The molecule has 6 heteroatoms. The van der Waals surface area contributed by atoms with Gasteiger partial charge in [0.05, 0.1) is 5.56 Å². The summed E-state index contributed by atoms with van der Waals surface area (Å²) >= 11 is 3.23. The maximum absolute atomic E-state index is 14.0. The van der Waals surface area contributed by atoms with Gasteiger partial charge in [-0.1, -0.05) is 34.1 Å². The molecule has 0 radical (unpaired) electrons. The molecule has 0 aliphatic carbocycles. The van der Waals surface area contributed by atoms with Crippen molar-refractivity contribution in [2.45, 2.75) is 17.4 Å². The lowest BCUT2D eigenvalue weighted by Gasteiger charge is -2.15. The molecule has 0 aliphatic rings. The van der Waals surface area contributed by atoms with E-state index in [4.69, 9.17) is 0 Å². The van der Waals surface area contributed by atoms with E-state index in [2.05, 4.69) is 20.9 Å². The summed E-state index contributed by atoms with van der Waals surface area (Å²) in [5.41, 5.74) is -0.600. The first-order chi connectivity index (χ1) is 9.39. The Morgan fingerprint density at radius 3 is 2.45 bits per heavy atom. The van der Waals surface area contributed by atoms with Crippen LogP contribution in [0.2, 0.25) is 0 Å². The highest BCUT2D eigenvalue weighted by Gasteiger charge is 2.35. The lowest BCUT2D eigenvalue weighted by atomic mass is 10.0. The van der Waals surface area contributed by atoms with Gasteiger partial charge >= 0.3 is 6.18 Å². The molecule has 0 saturated carbocycles. The monoisotopic (exact) mass is 347 g/mol. The number of nitrogens with zero attached hydrogens (tertiary/aromatic N) is 1. The molecule has 2 aromatic rings. The molecule has 0 N–H and O–H groups in total. The van der Waals surface area contributed by atoms with E-state index in [1.807, 2.05) is 0 Å². The van der Waals surface area contributed by atoms with E-state index >= 15 is 0 Å². The van der Waals surface area contributed by atoms with Gasteiger partial charge in [-0.25, -0.2) is 4.39 Å². The Hall–Kier alpha value is -1.43. The SMILES string of the molecule is Fc1c(C(Br)Cc2ccccn2)cccc1C(F)(F)F. The molecule has 106 valence electrons. The van der Waals surface area contributed by atoms with Crippen LogP contribution >= 0.6 is 15.9 Å². The molecule has 0 amide bonds. The Balaban J connectivity index is 2.29. The van der Waals surface area contributed by atoms with E-state index in [0.717, 1.165) is 6.07 Å². The molecule has 1 aromatic carbocycles. The number of pyridine rings is 1. The van der Waals surface area contributed by atoms with E-state index in [9.17, 15) is 17.6 Å². The number of benzene rings is 1. The Morgan fingerprint density at radius 1 is 1.10 bits per heavy atom. The van der Waals surface area contributed by atoms with Crippen LogP contribution in [0, 0.1) is 5.82 Å². The van der Waals surface area contributed by atoms with Crippen molar-refractivity contribution in [1.82, 2.24) is 4.98 Å². The number of alkyl halides is 4. The molecule has 1 aromatic heterocycles. The van der Waals surface area contributed by atoms with Crippen LogP contribution in [0.1, 0.15) is 21.6 Å². The average Bonchev–Trinajstić information content (AvgIpc) is 2.38. The smallest absolute Gasteiger partial charge is 0.261 e. The molecule has 0 saturated heterocycles. The van der Waals surface area contributed by atoms with Crippen molar-refractivity contribution >= 4 is 15.9 Å². The van der Waals surface area contributed by atoms with Crippen molar-refractivity contribution in [3.8, 4) is 0 Å². The second kappa shape index (κ2) is 5.91. The molecule has 0 spiro atoms.